The van der Waals surface area contributed by atoms with E-state index in [2.05, 4.69) is 24.0 Å². The predicted octanol–water partition coefficient (Wildman–Crippen LogP) is 2.75. The lowest BCUT2D eigenvalue weighted by Gasteiger charge is -2.07. The molecule has 2 heteroatoms. The van der Waals surface area contributed by atoms with Gasteiger partial charge in [-0.15, -0.1) is 0 Å². The smallest absolute Gasteiger partial charge is 0.119 e. The first-order valence-corrected chi connectivity index (χ1v) is 5.29. The minimum atomic E-state index is 0.711. The van der Waals surface area contributed by atoms with Gasteiger partial charge in [-0.05, 0) is 31.5 Å². The summed E-state index contributed by atoms with van der Waals surface area (Å²) in [6.45, 7) is 10.3. The quantitative estimate of drug-likeness (QED) is 0.721. The van der Waals surface area contributed by atoms with E-state index in [-0.39, 0.29) is 0 Å². The maximum Gasteiger partial charge on any atom is 0.119 e. The molecule has 0 spiro atoms. The molecule has 0 atom stereocenters. The maximum absolute atomic E-state index is 5.43. The molecule has 0 heterocycles. The van der Waals surface area contributed by atoms with Crippen LogP contribution in [0.3, 0.4) is 0 Å². The second kappa shape index (κ2) is 6.25. The van der Waals surface area contributed by atoms with Gasteiger partial charge in [0.2, 0.25) is 0 Å². The van der Waals surface area contributed by atoms with Crippen LogP contribution in [0.15, 0.2) is 36.4 Å². The molecule has 1 N–H and O–H groups in total. The fourth-order valence-electron chi connectivity index (χ4n) is 1.33. The largest absolute Gasteiger partial charge is 0.494 e. The number of hydrogen-bond acceptors (Lipinski definition) is 2. The molecule has 82 valence electrons. The highest BCUT2D eigenvalue weighted by atomic mass is 16.5. The molecule has 2 nitrogen and oxygen atoms in total. The van der Waals surface area contributed by atoms with Crippen molar-refractivity contribution in [2.75, 3.05) is 13.2 Å². The van der Waals surface area contributed by atoms with E-state index in [9.17, 15) is 0 Å². The van der Waals surface area contributed by atoms with Gasteiger partial charge in [-0.1, -0.05) is 24.3 Å². The molecule has 15 heavy (non-hydrogen) atoms. The van der Waals surface area contributed by atoms with E-state index in [0.29, 0.717) is 6.61 Å². The van der Waals surface area contributed by atoms with Crippen LogP contribution in [0.1, 0.15) is 19.4 Å². The lowest BCUT2D eigenvalue weighted by molar-refractivity contribution is 0.340. The molecule has 1 aromatic rings. The molecule has 0 radical (unpaired) electrons. The van der Waals surface area contributed by atoms with Crippen LogP contribution in [0, 0.1) is 0 Å². The molecule has 0 fully saturated rings. The summed E-state index contributed by atoms with van der Waals surface area (Å²) in [5.41, 5.74) is 2.39. The van der Waals surface area contributed by atoms with Gasteiger partial charge in [0.05, 0.1) is 6.61 Å². The Morgan fingerprint density at radius 3 is 2.93 bits per heavy atom. The molecule has 0 bridgehead atoms. The van der Waals surface area contributed by atoms with Crippen molar-refractivity contribution in [2.45, 2.75) is 20.4 Å². The van der Waals surface area contributed by atoms with Gasteiger partial charge in [-0.25, -0.2) is 0 Å². The van der Waals surface area contributed by atoms with Crippen molar-refractivity contribution in [2.24, 2.45) is 0 Å². The van der Waals surface area contributed by atoms with Crippen molar-refractivity contribution in [3.63, 3.8) is 0 Å². The lowest BCUT2D eigenvalue weighted by Crippen LogP contribution is -2.15. The predicted molar refractivity (Wildman–Crippen MR) is 64.1 cm³/mol. The summed E-state index contributed by atoms with van der Waals surface area (Å²) in [6, 6.07) is 8.15. The van der Waals surface area contributed by atoms with Crippen molar-refractivity contribution >= 4 is 0 Å². The average molecular weight is 205 g/mol. The third-order valence-corrected chi connectivity index (χ3v) is 1.97. The number of benzene rings is 1. The fourth-order valence-corrected chi connectivity index (χ4v) is 1.33. The number of rotatable bonds is 6. The monoisotopic (exact) mass is 205 g/mol. The van der Waals surface area contributed by atoms with E-state index >= 15 is 0 Å². The number of ether oxygens (including phenoxy) is 1. The summed E-state index contributed by atoms with van der Waals surface area (Å²) in [5.74, 6) is 0.937. The fraction of sp³-hybridized carbons (Fsp3) is 0.385. The van der Waals surface area contributed by atoms with Crippen molar-refractivity contribution < 1.29 is 4.74 Å². The summed E-state index contributed by atoms with van der Waals surface area (Å²) < 4.78 is 5.43. The van der Waals surface area contributed by atoms with Gasteiger partial charge < -0.3 is 10.1 Å². The van der Waals surface area contributed by atoms with Gasteiger partial charge in [-0.3, -0.25) is 0 Å². The SMILES string of the molecule is C=C(C)CNCc1cccc(OCC)c1. The van der Waals surface area contributed by atoms with Gasteiger partial charge >= 0.3 is 0 Å². The first-order valence-electron chi connectivity index (χ1n) is 5.29. The molecule has 0 amide bonds. The summed E-state index contributed by atoms with van der Waals surface area (Å²) in [7, 11) is 0. The minimum absolute atomic E-state index is 0.711. The highest BCUT2D eigenvalue weighted by molar-refractivity contribution is 5.28. The molecule has 0 saturated carbocycles. The Hall–Kier alpha value is -1.28. The zero-order chi connectivity index (χ0) is 11.1. The average Bonchev–Trinajstić information content (AvgIpc) is 2.18. The molecule has 0 aliphatic heterocycles. The molecule has 0 aliphatic carbocycles. The zero-order valence-electron chi connectivity index (χ0n) is 9.55. The Morgan fingerprint density at radius 2 is 2.27 bits per heavy atom. The van der Waals surface area contributed by atoms with Crippen molar-refractivity contribution in [3.8, 4) is 5.75 Å². The first kappa shape index (κ1) is 11.8. The van der Waals surface area contributed by atoms with Gasteiger partial charge in [0, 0.05) is 13.1 Å². The molecule has 1 aromatic carbocycles. The standard InChI is InChI=1S/C13H19NO/c1-4-15-13-7-5-6-12(8-13)10-14-9-11(2)3/h5-8,14H,2,4,9-10H2,1,3H3. The molecular weight excluding hydrogens is 186 g/mol. The first-order chi connectivity index (χ1) is 7.22. The second-order valence-electron chi connectivity index (χ2n) is 3.64. The van der Waals surface area contributed by atoms with Crippen LogP contribution in [-0.4, -0.2) is 13.2 Å². The molecule has 1 rings (SSSR count). The second-order valence-corrected chi connectivity index (χ2v) is 3.64. The van der Waals surface area contributed by atoms with Crippen LogP contribution >= 0.6 is 0 Å². The van der Waals surface area contributed by atoms with Crippen LogP contribution in [0.2, 0.25) is 0 Å². The summed E-state index contributed by atoms with van der Waals surface area (Å²) >= 11 is 0. The number of nitrogens with one attached hydrogen (secondary N) is 1. The van der Waals surface area contributed by atoms with Crippen LogP contribution in [0.25, 0.3) is 0 Å². The van der Waals surface area contributed by atoms with Crippen LogP contribution in [0.4, 0.5) is 0 Å². The van der Waals surface area contributed by atoms with Gasteiger partial charge in [0.1, 0.15) is 5.75 Å². The lowest BCUT2D eigenvalue weighted by atomic mass is 10.2. The Labute approximate surface area is 92.0 Å². The van der Waals surface area contributed by atoms with E-state index in [4.69, 9.17) is 4.74 Å². The third-order valence-electron chi connectivity index (χ3n) is 1.97. The van der Waals surface area contributed by atoms with Crippen molar-refractivity contribution in [1.82, 2.24) is 5.32 Å². The van der Waals surface area contributed by atoms with E-state index in [0.717, 1.165) is 24.4 Å². The van der Waals surface area contributed by atoms with E-state index in [1.54, 1.807) is 0 Å². The van der Waals surface area contributed by atoms with E-state index in [1.807, 2.05) is 26.0 Å². The highest BCUT2D eigenvalue weighted by Gasteiger charge is 1.95. The molecule has 0 aromatic heterocycles. The minimum Gasteiger partial charge on any atom is -0.494 e. The highest BCUT2D eigenvalue weighted by Crippen LogP contribution is 2.12. The maximum atomic E-state index is 5.43. The topological polar surface area (TPSA) is 21.3 Å². The normalized spacial score (nSPS) is 10.0. The summed E-state index contributed by atoms with van der Waals surface area (Å²) in [5, 5.41) is 3.32. The van der Waals surface area contributed by atoms with Crippen LogP contribution < -0.4 is 10.1 Å². The summed E-state index contributed by atoms with van der Waals surface area (Å²) in [4.78, 5) is 0. The molecule has 0 aliphatic rings. The molecule has 0 saturated heterocycles. The Bertz CT molecular complexity index is 320. The summed E-state index contributed by atoms with van der Waals surface area (Å²) in [6.07, 6.45) is 0. The Balaban J connectivity index is 2.46. The number of hydrogen-bond donors (Lipinski definition) is 1. The van der Waals surface area contributed by atoms with Crippen molar-refractivity contribution in [3.05, 3.63) is 42.0 Å². The zero-order valence-corrected chi connectivity index (χ0v) is 9.55. The Kier molecular flexibility index (Phi) is 4.91. The Morgan fingerprint density at radius 1 is 1.47 bits per heavy atom. The van der Waals surface area contributed by atoms with Gasteiger partial charge in [0.25, 0.3) is 0 Å². The molecule has 0 unspecified atom stereocenters. The van der Waals surface area contributed by atoms with E-state index < -0.39 is 0 Å². The van der Waals surface area contributed by atoms with E-state index in [1.165, 1.54) is 5.56 Å². The van der Waals surface area contributed by atoms with Gasteiger partial charge in [-0.2, -0.15) is 0 Å². The van der Waals surface area contributed by atoms with Crippen LogP contribution in [-0.2, 0) is 6.54 Å². The van der Waals surface area contributed by atoms with Crippen LogP contribution in [0.5, 0.6) is 5.75 Å². The molecular formula is C13H19NO. The third kappa shape index (κ3) is 4.66. The van der Waals surface area contributed by atoms with Gasteiger partial charge in [0.15, 0.2) is 0 Å². The van der Waals surface area contributed by atoms with Crippen molar-refractivity contribution in [1.29, 1.82) is 0 Å².